The number of phosphoric ester groups is 2. The SMILES string of the molecule is CC/C=C\C/C=C\C/C=C\C/C=C\C/C=C\CCCC(=O)OC(COC(=O)CCCCCCCC/C=C\C/C=C\C/C=C\C/C=C\CC)COP(=O)(O)OCC(O)COP(=O)(O)OCC(COC(=O)CCCCCCCC/C=C\C/C=C\C/C=C\CCCCC)OC(=O)CCC/C=C\C/C=C\C/C=C\C/C=C\C/C=C\CC. The summed E-state index contributed by atoms with van der Waals surface area (Å²) in [6.45, 7) is 4.33. The van der Waals surface area contributed by atoms with Crippen molar-refractivity contribution in [3.05, 3.63) is 207 Å². The normalized spacial score (nSPS) is 14.8. The Kier molecular flexibility index (Phi) is 77.9. The van der Waals surface area contributed by atoms with Gasteiger partial charge in [0.2, 0.25) is 0 Å². The highest BCUT2D eigenvalue weighted by Crippen LogP contribution is 2.45. The van der Waals surface area contributed by atoms with E-state index in [-0.39, 0.29) is 25.7 Å². The lowest BCUT2D eigenvalue weighted by Crippen LogP contribution is -2.30. The highest BCUT2D eigenvalue weighted by molar-refractivity contribution is 7.47. The van der Waals surface area contributed by atoms with E-state index >= 15 is 0 Å². The number of allylic oxidation sites excluding steroid dienone is 34. The quantitative estimate of drug-likeness (QED) is 0.0169. The molecule has 3 N–H and O–H groups in total. The van der Waals surface area contributed by atoms with Crippen LogP contribution in [0.15, 0.2) is 207 Å². The Hall–Kier alpha value is -6.36. The molecule has 0 spiro atoms. The fourth-order valence-electron chi connectivity index (χ4n) is 10.4. The predicted molar refractivity (Wildman–Crippen MR) is 463 cm³/mol. The standard InChI is InChI=1S/C93H148O17P2/c1-5-9-13-17-21-25-29-33-37-41-43-47-49-53-57-61-65-69-73-77-90(95)103-83-88(109-92(97)79-75-71-67-63-59-55-51-45-39-35-31-27-23-19-15-11-7-3)85-107-111(99,100)105-81-87(94)82-106-112(101,102)108-86-89(110-93(98)80-76-72-68-64-60-56-52-46-40-36-32-28-24-20-16-12-8-4)84-104-91(96)78-74-70-66-62-58-54-50-48-44-42-38-34-30-26-22-18-14-10-6-2/h9,11-13,15-16,21-28,33-40,43-44,47-48,51-52,55-56,63-64,67-68,87-89,94H,5-8,10,14,17-20,29-32,41-42,45-46,49-50,53-54,57-62,65-66,69-86H2,1-4H3,(H,99,100)(H,101,102)/b13-9-,15-11-,16-12-,25-21-,26-22-,27-23-,28-24-,37-33-,38-34-,39-35-,40-36-,47-43-,48-44-,55-51-,56-52-,67-63-,68-64-. The Morgan fingerprint density at radius 1 is 0.259 bits per heavy atom. The van der Waals surface area contributed by atoms with Gasteiger partial charge in [0.05, 0.1) is 26.4 Å². The Morgan fingerprint density at radius 3 is 0.741 bits per heavy atom. The van der Waals surface area contributed by atoms with Crippen molar-refractivity contribution in [1.29, 1.82) is 0 Å². The highest BCUT2D eigenvalue weighted by atomic mass is 31.2. The lowest BCUT2D eigenvalue weighted by atomic mass is 10.1. The molecule has 0 aromatic rings. The maximum atomic E-state index is 13.1. The summed E-state index contributed by atoms with van der Waals surface area (Å²) in [6, 6.07) is 0. The number of aliphatic hydroxyl groups is 1. The minimum Gasteiger partial charge on any atom is -0.462 e. The molecule has 632 valence electrons. The first-order valence-corrected chi connectivity index (χ1v) is 45.3. The van der Waals surface area contributed by atoms with Gasteiger partial charge in [-0.15, -0.1) is 0 Å². The van der Waals surface area contributed by atoms with Gasteiger partial charge in [-0.05, 0) is 180 Å². The van der Waals surface area contributed by atoms with Gasteiger partial charge >= 0.3 is 39.5 Å². The number of rotatable bonds is 77. The van der Waals surface area contributed by atoms with Crippen molar-refractivity contribution >= 4 is 39.5 Å². The first-order chi connectivity index (χ1) is 54.7. The van der Waals surface area contributed by atoms with E-state index in [0.717, 1.165) is 186 Å². The second kappa shape index (κ2) is 82.6. The molecule has 17 nitrogen and oxygen atoms in total. The molecular formula is C93H148O17P2. The first kappa shape index (κ1) is 106. The molecule has 19 heteroatoms. The van der Waals surface area contributed by atoms with Crippen molar-refractivity contribution in [2.45, 2.75) is 316 Å². The van der Waals surface area contributed by atoms with E-state index in [1.54, 1.807) is 0 Å². The van der Waals surface area contributed by atoms with Crippen molar-refractivity contribution in [3.63, 3.8) is 0 Å². The van der Waals surface area contributed by atoms with Crippen molar-refractivity contribution in [2.75, 3.05) is 39.6 Å². The fraction of sp³-hybridized carbons (Fsp3) is 0.591. The van der Waals surface area contributed by atoms with Crippen LogP contribution in [0.4, 0.5) is 0 Å². The molecule has 0 aliphatic carbocycles. The minimum absolute atomic E-state index is 0.00290. The lowest BCUT2D eigenvalue weighted by Gasteiger charge is -2.21. The van der Waals surface area contributed by atoms with E-state index in [9.17, 15) is 43.2 Å². The smallest absolute Gasteiger partial charge is 0.462 e. The molecule has 5 atom stereocenters. The zero-order valence-corrected chi connectivity index (χ0v) is 71.0. The molecule has 112 heavy (non-hydrogen) atoms. The molecular weight excluding hydrogens is 1450 g/mol. The van der Waals surface area contributed by atoms with Crippen LogP contribution in [0, 0.1) is 0 Å². The number of esters is 4. The third-order valence-corrected chi connectivity index (χ3v) is 18.6. The highest BCUT2D eigenvalue weighted by Gasteiger charge is 2.30. The predicted octanol–water partition coefficient (Wildman–Crippen LogP) is 25.4. The zero-order valence-electron chi connectivity index (χ0n) is 69.3. The molecule has 0 saturated carbocycles. The average molecular weight is 1600 g/mol. The number of aliphatic hydroxyl groups excluding tert-OH is 1. The Bertz CT molecular complexity index is 2930. The molecule has 0 aromatic carbocycles. The summed E-state index contributed by atoms with van der Waals surface area (Å²) >= 11 is 0. The van der Waals surface area contributed by atoms with Crippen LogP contribution in [0.5, 0.6) is 0 Å². The van der Waals surface area contributed by atoms with Crippen LogP contribution in [0.1, 0.15) is 297 Å². The Balaban J connectivity index is 5.53. The molecule has 0 saturated heterocycles. The first-order valence-electron chi connectivity index (χ1n) is 42.3. The summed E-state index contributed by atoms with van der Waals surface area (Å²) in [5.74, 6) is -2.36. The van der Waals surface area contributed by atoms with Crippen molar-refractivity contribution in [3.8, 4) is 0 Å². The summed E-state index contributed by atoms with van der Waals surface area (Å²) in [5.41, 5.74) is 0. The molecule has 0 bridgehead atoms. The maximum absolute atomic E-state index is 13.1. The number of carbonyl (C=O) groups excluding carboxylic acids is 4. The van der Waals surface area contributed by atoms with Crippen LogP contribution in [0.25, 0.3) is 0 Å². The molecule has 0 aliphatic heterocycles. The van der Waals surface area contributed by atoms with Crippen molar-refractivity contribution < 1.29 is 80.2 Å². The van der Waals surface area contributed by atoms with Crippen LogP contribution in [0.3, 0.4) is 0 Å². The van der Waals surface area contributed by atoms with E-state index in [4.69, 9.17) is 37.0 Å². The van der Waals surface area contributed by atoms with Crippen LogP contribution in [-0.2, 0) is 65.4 Å². The molecule has 0 amide bonds. The van der Waals surface area contributed by atoms with Gasteiger partial charge in [0, 0.05) is 25.7 Å². The van der Waals surface area contributed by atoms with Gasteiger partial charge in [-0.1, -0.05) is 298 Å². The topological polar surface area (TPSA) is 237 Å². The summed E-state index contributed by atoms with van der Waals surface area (Å²) in [4.78, 5) is 73.2. The molecule has 0 heterocycles. The van der Waals surface area contributed by atoms with Gasteiger partial charge in [0.15, 0.2) is 12.2 Å². The van der Waals surface area contributed by atoms with Crippen molar-refractivity contribution in [1.82, 2.24) is 0 Å². The van der Waals surface area contributed by atoms with Gasteiger partial charge in [-0.2, -0.15) is 0 Å². The molecule has 0 aromatic heterocycles. The number of carbonyl (C=O) groups is 4. The Labute approximate surface area is 678 Å². The third-order valence-electron chi connectivity index (χ3n) is 16.7. The molecule has 0 rings (SSSR count). The fourth-order valence-corrected chi connectivity index (χ4v) is 12.0. The monoisotopic (exact) mass is 1600 g/mol. The van der Waals surface area contributed by atoms with E-state index in [2.05, 4.69) is 210 Å². The second-order valence-electron chi connectivity index (χ2n) is 27.3. The maximum Gasteiger partial charge on any atom is 0.472 e. The summed E-state index contributed by atoms with van der Waals surface area (Å²) < 4.78 is 68.7. The van der Waals surface area contributed by atoms with Gasteiger partial charge in [-0.3, -0.25) is 37.3 Å². The summed E-state index contributed by atoms with van der Waals surface area (Å²) in [5, 5.41) is 10.7. The molecule has 5 unspecified atom stereocenters. The number of phosphoric acid groups is 2. The number of hydrogen-bond donors (Lipinski definition) is 3. The van der Waals surface area contributed by atoms with Crippen LogP contribution >= 0.6 is 15.6 Å². The molecule has 0 fully saturated rings. The van der Waals surface area contributed by atoms with E-state index < -0.39 is 97.5 Å². The summed E-state index contributed by atoms with van der Waals surface area (Å²) in [6.07, 6.45) is 104. The van der Waals surface area contributed by atoms with Crippen molar-refractivity contribution in [2.24, 2.45) is 0 Å². The molecule has 0 radical (unpaired) electrons. The van der Waals surface area contributed by atoms with Gasteiger partial charge < -0.3 is 33.8 Å². The van der Waals surface area contributed by atoms with Crippen LogP contribution < -0.4 is 0 Å². The second-order valence-corrected chi connectivity index (χ2v) is 30.2. The average Bonchev–Trinajstić information content (AvgIpc) is 0.897. The number of unbranched alkanes of at least 4 members (excludes halogenated alkanes) is 17. The number of hydrogen-bond acceptors (Lipinski definition) is 15. The van der Waals surface area contributed by atoms with E-state index in [1.807, 2.05) is 24.3 Å². The van der Waals surface area contributed by atoms with Gasteiger partial charge in [0.25, 0.3) is 0 Å². The van der Waals surface area contributed by atoms with Crippen LogP contribution in [-0.4, -0.2) is 96.7 Å². The van der Waals surface area contributed by atoms with Crippen LogP contribution in [0.2, 0.25) is 0 Å². The largest absolute Gasteiger partial charge is 0.472 e. The zero-order chi connectivity index (χ0) is 81.7. The van der Waals surface area contributed by atoms with Gasteiger partial charge in [0.1, 0.15) is 19.3 Å². The van der Waals surface area contributed by atoms with E-state index in [0.29, 0.717) is 38.5 Å². The Morgan fingerprint density at radius 2 is 0.473 bits per heavy atom. The van der Waals surface area contributed by atoms with Gasteiger partial charge in [-0.25, -0.2) is 9.13 Å². The lowest BCUT2D eigenvalue weighted by molar-refractivity contribution is -0.161. The third kappa shape index (κ3) is 81.6. The minimum atomic E-state index is -5.02. The number of ether oxygens (including phenoxy) is 4. The van der Waals surface area contributed by atoms with E-state index in [1.165, 1.54) is 19.3 Å². The molecule has 0 aliphatic rings. The summed E-state index contributed by atoms with van der Waals surface area (Å²) in [7, 11) is -10.0.